The van der Waals surface area contributed by atoms with E-state index in [1.165, 1.54) is 0 Å². The molecule has 0 bridgehead atoms. The first-order chi connectivity index (χ1) is 14.3. The minimum atomic E-state index is -0.0179. The molecule has 8 nitrogen and oxygen atoms in total. The topological polar surface area (TPSA) is 101 Å². The SMILES string of the molecule is O=C1NC2CCNCC2c2[nH]c(-c3ccnc(-c4ccc5c(c4)OCO5)n3)cc21. The number of amides is 1. The Labute approximate surface area is 166 Å². The summed E-state index contributed by atoms with van der Waals surface area (Å²) in [7, 11) is 0. The number of benzene rings is 1. The number of nitrogens with zero attached hydrogens (tertiary/aromatic N) is 2. The van der Waals surface area contributed by atoms with Gasteiger partial charge in [0.1, 0.15) is 0 Å². The molecule has 1 fully saturated rings. The van der Waals surface area contributed by atoms with E-state index in [2.05, 4.69) is 20.6 Å². The van der Waals surface area contributed by atoms with Crippen molar-refractivity contribution in [1.82, 2.24) is 25.6 Å². The molecule has 0 spiro atoms. The van der Waals surface area contributed by atoms with Crippen molar-refractivity contribution in [2.45, 2.75) is 18.4 Å². The maximum absolute atomic E-state index is 12.6. The van der Waals surface area contributed by atoms with E-state index in [0.29, 0.717) is 17.1 Å². The van der Waals surface area contributed by atoms with E-state index < -0.39 is 0 Å². The Morgan fingerprint density at radius 2 is 2.03 bits per heavy atom. The number of ether oxygens (including phenoxy) is 2. The van der Waals surface area contributed by atoms with Crippen LogP contribution >= 0.6 is 0 Å². The molecule has 2 unspecified atom stereocenters. The highest BCUT2D eigenvalue weighted by Crippen LogP contribution is 2.36. The van der Waals surface area contributed by atoms with E-state index in [1.54, 1.807) is 6.20 Å². The molecule has 2 aromatic heterocycles. The quantitative estimate of drug-likeness (QED) is 0.620. The van der Waals surface area contributed by atoms with E-state index in [4.69, 9.17) is 14.5 Å². The normalized spacial score (nSPS) is 22.0. The minimum Gasteiger partial charge on any atom is -0.454 e. The molecule has 5 heterocycles. The van der Waals surface area contributed by atoms with Crippen molar-refractivity contribution in [3.8, 4) is 34.3 Å². The molecule has 6 rings (SSSR count). The first-order valence-electron chi connectivity index (χ1n) is 9.74. The third-order valence-electron chi connectivity index (χ3n) is 5.82. The lowest BCUT2D eigenvalue weighted by Gasteiger charge is -2.36. The third kappa shape index (κ3) is 2.67. The Morgan fingerprint density at radius 3 is 3.00 bits per heavy atom. The van der Waals surface area contributed by atoms with Crippen LogP contribution in [0.1, 0.15) is 28.4 Å². The van der Waals surface area contributed by atoms with Gasteiger partial charge >= 0.3 is 0 Å². The summed E-state index contributed by atoms with van der Waals surface area (Å²) in [5.74, 6) is 2.24. The fourth-order valence-corrected chi connectivity index (χ4v) is 4.35. The Bertz CT molecular complexity index is 1130. The van der Waals surface area contributed by atoms with Crippen LogP contribution in [0.3, 0.4) is 0 Å². The second-order valence-corrected chi connectivity index (χ2v) is 7.52. The lowest BCUT2D eigenvalue weighted by molar-refractivity contribution is 0.0904. The zero-order chi connectivity index (χ0) is 19.4. The summed E-state index contributed by atoms with van der Waals surface area (Å²) in [4.78, 5) is 25.2. The van der Waals surface area contributed by atoms with Gasteiger partial charge in [0.15, 0.2) is 17.3 Å². The van der Waals surface area contributed by atoms with Gasteiger partial charge in [-0.05, 0) is 43.3 Å². The molecule has 1 saturated heterocycles. The van der Waals surface area contributed by atoms with Crippen LogP contribution in [0.2, 0.25) is 0 Å². The molecule has 146 valence electrons. The first-order valence-corrected chi connectivity index (χ1v) is 9.74. The number of carbonyl (C=O) groups is 1. The summed E-state index contributed by atoms with van der Waals surface area (Å²) in [6.07, 6.45) is 2.67. The van der Waals surface area contributed by atoms with Crippen LogP contribution in [0.15, 0.2) is 36.5 Å². The maximum atomic E-state index is 12.6. The molecule has 3 aliphatic heterocycles. The van der Waals surface area contributed by atoms with Gasteiger partial charge in [0, 0.05) is 36.0 Å². The Kier molecular flexibility index (Phi) is 3.60. The molecule has 8 heteroatoms. The highest BCUT2D eigenvalue weighted by atomic mass is 16.7. The smallest absolute Gasteiger partial charge is 0.253 e. The largest absolute Gasteiger partial charge is 0.454 e. The second-order valence-electron chi connectivity index (χ2n) is 7.52. The Hall–Kier alpha value is -3.39. The number of aromatic amines is 1. The summed E-state index contributed by atoms with van der Waals surface area (Å²) in [6, 6.07) is 9.58. The molecule has 3 N–H and O–H groups in total. The molecule has 0 aliphatic carbocycles. The zero-order valence-corrected chi connectivity index (χ0v) is 15.6. The summed E-state index contributed by atoms with van der Waals surface area (Å²) < 4.78 is 10.8. The molecule has 3 aromatic rings. The van der Waals surface area contributed by atoms with Gasteiger partial charge in [-0.2, -0.15) is 0 Å². The van der Waals surface area contributed by atoms with E-state index >= 15 is 0 Å². The average molecular weight is 389 g/mol. The van der Waals surface area contributed by atoms with Gasteiger partial charge in [-0.25, -0.2) is 9.97 Å². The van der Waals surface area contributed by atoms with Crippen LogP contribution in [-0.2, 0) is 0 Å². The van der Waals surface area contributed by atoms with Crippen molar-refractivity contribution in [3.63, 3.8) is 0 Å². The van der Waals surface area contributed by atoms with Crippen LogP contribution in [0, 0.1) is 0 Å². The Balaban J connectivity index is 1.38. The van der Waals surface area contributed by atoms with Gasteiger partial charge in [0.05, 0.1) is 17.0 Å². The van der Waals surface area contributed by atoms with Gasteiger partial charge in [0.25, 0.3) is 5.91 Å². The molecule has 0 saturated carbocycles. The van der Waals surface area contributed by atoms with Crippen LogP contribution in [0.4, 0.5) is 0 Å². The lowest BCUT2D eigenvalue weighted by atomic mass is 9.85. The van der Waals surface area contributed by atoms with Crippen molar-refractivity contribution < 1.29 is 14.3 Å². The number of rotatable bonds is 2. The van der Waals surface area contributed by atoms with E-state index in [0.717, 1.165) is 47.9 Å². The summed E-state index contributed by atoms with van der Waals surface area (Å²) in [5, 5.41) is 6.56. The van der Waals surface area contributed by atoms with Crippen LogP contribution in [0.5, 0.6) is 11.5 Å². The fourth-order valence-electron chi connectivity index (χ4n) is 4.35. The maximum Gasteiger partial charge on any atom is 0.253 e. The second kappa shape index (κ2) is 6.31. The highest BCUT2D eigenvalue weighted by molar-refractivity contribution is 5.98. The number of fused-ring (bicyclic) bond motifs is 4. The number of H-pyrrole nitrogens is 1. The fraction of sp³-hybridized carbons (Fsp3) is 0.286. The van der Waals surface area contributed by atoms with Crippen molar-refractivity contribution in [2.24, 2.45) is 0 Å². The molecule has 2 atom stereocenters. The number of piperidine rings is 1. The summed E-state index contributed by atoms with van der Waals surface area (Å²) in [6.45, 7) is 2.01. The van der Waals surface area contributed by atoms with E-state index in [-0.39, 0.29) is 24.7 Å². The number of aromatic nitrogens is 3. The molecule has 0 radical (unpaired) electrons. The van der Waals surface area contributed by atoms with Crippen LogP contribution in [0.25, 0.3) is 22.8 Å². The average Bonchev–Trinajstić information content (AvgIpc) is 3.41. The molecule has 1 amide bonds. The van der Waals surface area contributed by atoms with E-state index in [1.807, 2.05) is 30.3 Å². The van der Waals surface area contributed by atoms with Crippen LogP contribution in [-0.4, -0.2) is 46.8 Å². The molecule has 1 aromatic carbocycles. The molecule has 29 heavy (non-hydrogen) atoms. The summed E-state index contributed by atoms with van der Waals surface area (Å²) >= 11 is 0. The predicted octanol–water partition coefficient (Wildman–Crippen LogP) is 2.06. The standard InChI is InChI=1S/C21H19N5O3/c27-21-12-8-16(24-19(12)13-9-22-5-3-14(13)26-21)15-4-6-23-20(25-15)11-1-2-17-18(7-11)29-10-28-17/h1-2,4,6-8,13-14,22,24H,3,5,9-10H2,(H,26,27). The van der Waals surface area contributed by atoms with Crippen LogP contribution < -0.4 is 20.1 Å². The van der Waals surface area contributed by atoms with Gasteiger partial charge in [-0.15, -0.1) is 0 Å². The molecular formula is C21H19N5O3. The predicted molar refractivity (Wildman–Crippen MR) is 105 cm³/mol. The van der Waals surface area contributed by atoms with E-state index in [9.17, 15) is 4.79 Å². The van der Waals surface area contributed by atoms with Gasteiger partial charge in [0.2, 0.25) is 6.79 Å². The highest BCUT2D eigenvalue weighted by Gasteiger charge is 2.37. The van der Waals surface area contributed by atoms with Gasteiger partial charge < -0.3 is 25.1 Å². The number of nitrogens with one attached hydrogen (secondary N) is 3. The van der Waals surface area contributed by atoms with Crippen molar-refractivity contribution in [1.29, 1.82) is 0 Å². The lowest BCUT2D eigenvalue weighted by Crippen LogP contribution is -2.51. The first kappa shape index (κ1) is 16.6. The molecular weight excluding hydrogens is 370 g/mol. The third-order valence-corrected chi connectivity index (χ3v) is 5.82. The number of hydrogen-bond acceptors (Lipinski definition) is 6. The van der Waals surface area contributed by atoms with Gasteiger partial charge in [-0.3, -0.25) is 4.79 Å². The minimum absolute atomic E-state index is 0.0179. The zero-order valence-electron chi connectivity index (χ0n) is 15.6. The van der Waals surface area contributed by atoms with Gasteiger partial charge in [-0.1, -0.05) is 0 Å². The van der Waals surface area contributed by atoms with Crippen molar-refractivity contribution in [2.75, 3.05) is 19.9 Å². The van der Waals surface area contributed by atoms with Crippen molar-refractivity contribution in [3.05, 3.63) is 47.8 Å². The Morgan fingerprint density at radius 1 is 1.10 bits per heavy atom. The monoisotopic (exact) mass is 389 g/mol. The number of carbonyl (C=O) groups excluding carboxylic acids is 1. The molecule has 3 aliphatic rings. The van der Waals surface area contributed by atoms with Crippen molar-refractivity contribution >= 4 is 5.91 Å². The summed E-state index contributed by atoms with van der Waals surface area (Å²) in [5.41, 5.74) is 4.11. The number of hydrogen-bond donors (Lipinski definition) is 3.